The topological polar surface area (TPSA) is 103 Å². The van der Waals surface area contributed by atoms with Crippen LogP contribution in [0.5, 0.6) is 11.5 Å². The van der Waals surface area contributed by atoms with Gasteiger partial charge in [-0.25, -0.2) is 4.79 Å². The average Bonchev–Trinajstić information content (AvgIpc) is 2.60. The van der Waals surface area contributed by atoms with Crippen LogP contribution in [0.1, 0.15) is 15.9 Å². The Morgan fingerprint density at radius 3 is 2.28 bits per heavy atom. The Hall–Kier alpha value is -2.93. The molecule has 0 unspecified atom stereocenters. The lowest BCUT2D eigenvalue weighted by atomic mass is 10.1. The van der Waals surface area contributed by atoms with Gasteiger partial charge in [-0.2, -0.15) is 0 Å². The van der Waals surface area contributed by atoms with Crippen LogP contribution in [0, 0.1) is 0 Å². The fourth-order valence-electron chi connectivity index (χ4n) is 2.12. The molecule has 0 saturated carbocycles. The van der Waals surface area contributed by atoms with Crippen LogP contribution in [0.2, 0.25) is 5.02 Å². The minimum atomic E-state index is -0.606. The fraction of sp³-hybridized carbons (Fsp3) is 0.176. The number of anilines is 1. The number of nitrogens with two attached hydrogens (primary N) is 1. The smallest absolute Gasteiger partial charge is 0.312 e. The van der Waals surface area contributed by atoms with Crippen molar-refractivity contribution in [2.75, 3.05) is 19.5 Å². The molecule has 0 bridgehead atoms. The summed E-state index contributed by atoms with van der Waals surface area (Å²) < 4.78 is 10.4. The molecule has 0 atom stereocenters. The average molecular weight is 364 g/mol. The molecule has 0 saturated heterocycles. The minimum Gasteiger partial charge on any atom is -0.495 e. The van der Waals surface area contributed by atoms with Gasteiger partial charge in [-0.05, 0) is 23.8 Å². The van der Waals surface area contributed by atoms with Crippen molar-refractivity contribution in [1.29, 1.82) is 0 Å². The third kappa shape index (κ3) is 4.77. The van der Waals surface area contributed by atoms with Crippen molar-refractivity contribution in [3.05, 3.63) is 52.5 Å². The lowest BCUT2D eigenvalue weighted by molar-refractivity contribution is 0.102. The van der Waals surface area contributed by atoms with E-state index in [2.05, 4.69) is 10.6 Å². The van der Waals surface area contributed by atoms with E-state index in [9.17, 15) is 9.59 Å². The number of primary amides is 1. The molecule has 3 amide bonds. The standard InChI is InChI=1S/C17H18ClN3O4/c1-24-14-8-15(25-2)13(7-12(14)18)21-16(22)11-5-3-10(4-6-11)9-20-17(19)23/h3-8H,9H2,1-2H3,(H,21,22)(H3,19,20,23). The number of urea groups is 1. The molecule has 7 nitrogen and oxygen atoms in total. The highest BCUT2D eigenvalue weighted by molar-refractivity contribution is 6.32. The van der Waals surface area contributed by atoms with Crippen LogP contribution in [0.15, 0.2) is 36.4 Å². The summed E-state index contributed by atoms with van der Waals surface area (Å²) in [5.74, 6) is 0.550. The molecular weight excluding hydrogens is 346 g/mol. The van der Waals surface area contributed by atoms with Crippen molar-refractivity contribution in [3.63, 3.8) is 0 Å². The third-order valence-electron chi connectivity index (χ3n) is 3.40. The van der Waals surface area contributed by atoms with Gasteiger partial charge in [0.25, 0.3) is 5.91 Å². The molecule has 25 heavy (non-hydrogen) atoms. The van der Waals surface area contributed by atoms with E-state index in [0.29, 0.717) is 34.3 Å². The molecule has 0 aromatic heterocycles. The van der Waals surface area contributed by atoms with E-state index in [1.54, 1.807) is 36.4 Å². The number of amides is 3. The van der Waals surface area contributed by atoms with Crippen molar-refractivity contribution < 1.29 is 19.1 Å². The molecule has 0 heterocycles. The molecule has 2 aromatic carbocycles. The number of ether oxygens (including phenoxy) is 2. The number of benzene rings is 2. The molecule has 132 valence electrons. The second kappa shape index (κ2) is 8.25. The van der Waals surface area contributed by atoms with Crippen molar-refractivity contribution in [3.8, 4) is 11.5 Å². The number of hydrogen-bond acceptors (Lipinski definition) is 4. The van der Waals surface area contributed by atoms with Crippen LogP contribution in [0.3, 0.4) is 0 Å². The minimum absolute atomic E-state index is 0.291. The van der Waals surface area contributed by atoms with Crippen LogP contribution >= 0.6 is 11.6 Å². The van der Waals surface area contributed by atoms with Gasteiger partial charge in [0.05, 0.1) is 24.9 Å². The molecule has 2 aromatic rings. The Kier molecular flexibility index (Phi) is 6.08. The molecule has 0 spiro atoms. The van der Waals surface area contributed by atoms with Gasteiger partial charge < -0.3 is 25.8 Å². The monoisotopic (exact) mass is 363 g/mol. The summed E-state index contributed by atoms with van der Waals surface area (Å²) in [6.45, 7) is 0.291. The molecule has 8 heteroatoms. The quantitative estimate of drug-likeness (QED) is 0.734. The lowest BCUT2D eigenvalue weighted by Crippen LogP contribution is -2.28. The van der Waals surface area contributed by atoms with Crippen LogP contribution in [-0.2, 0) is 6.54 Å². The van der Waals surface area contributed by atoms with Crippen LogP contribution < -0.4 is 25.8 Å². The fourth-order valence-corrected chi connectivity index (χ4v) is 2.36. The normalized spacial score (nSPS) is 10.0. The zero-order chi connectivity index (χ0) is 18.4. The number of carbonyl (C=O) groups is 2. The first kappa shape index (κ1) is 18.4. The molecular formula is C17H18ClN3O4. The molecule has 4 N–H and O–H groups in total. The number of hydrogen-bond donors (Lipinski definition) is 3. The van der Waals surface area contributed by atoms with Gasteiger partial charge in [-0.1, -0.05) is 23.7 Å². The van der Waals surface area contributed by atoms with Gasteiger partial charge >= 0.3 is 6.03 Å². The first-order valence-electron chi connectivity index (χ1n) is 7.29. The Bertz CT molecular complexity index is 778. The molecule has 0 aliphatic heterocycles. The maximum Gasteiger partial charge on any atom is 0.312 e. The van der Waals surface area contributed by atoms with Gasteiger partial charge in [0.2, 0.25) is 0 Å². The number of nitrogens with one attached hydrogen (secondary N) is 2. The second-order valence-corrected chi connectivity index (χ2v) is 5.46. The predicted octanol–water partition coefficient (Wildman–Crippen LogP) is 2.78. The Morgan fingerprint density at radius 1 is 1.08 bits per heavy atom. The number of rotatable bonds is 6. The van der Waals surface area contributed by atoms with E-state index in [0.717, 1.165) is 5.56 Å². The zero-order valence-electron chi connectivity index (χ0n) is 13.8. The largest absolute Gasteiger partial charge is 0.495 e. The van der Waals surface area contributed by atoms with E-state index in [-0.39, 0.29) is 5.91 Å². The second-order valence-electron chi connectivity index (χ2n) is 5.06. The summed E-state index contributed by atoms with van der Waals surface area (Å²) in [5.41, 5.74) is 6.71. The molecule has 2 rings (SSSR count). The van der Waals surface area contributed by atoms with E-state index in [4.69, 9.17) is 26.8 Å². The van der Waals surface area contributed by atoms with E-state index < -0.39 is 6.03 Å². The van der Waals surface area contributed by atoms with Crippen molar-refractivity contribution in [2.24, 2.45) is 5.73 Å². The Balaban J connectivity index is 2.14. The summed E-state index contributed by atoms with van der Waals surface area (Å²) in [7, 11) is 2.98. The number of methoxy groups -OCH3 is 2. The maximum atomic E-state index is 12.4. The summed E-state index contributed by atoms with van der Waals surface area (Å²) in [6.07, 6.45) is 0. The van der Waals surface area contributed by atoms with Gasteiger partial charge in [0.15, 0.2) is 0 Å². The van der Waals surface area contributed by atoms with Crippen LogP contribution in [0.25, 0.3) is 0 Å². The van der Waals surface area contributed by atoms with Crippen molar-refractivity contribution >= 4 is 29.2 Å². The molecule has 0 aliphatic rings. The number of halogens is 1. The van der Waals surface area contributed by atoms with Crippen molar-refractivity contribution in [1.82, 2.24) is 5.32 Å². The van der Waals surface area contributed by atoms with Crippen LogP contribution in [0.4, 0.5) is 10.5 Å². The van der Waals surface area contributed by atoms with E-state index in [1.165, 1.54) is 14.2 Å². The summed E-state index contributed by atoms with van der Waals surface area (Å²) in [6, 6.07) is 9.28. The van der Waals surface area contributed by atoms with E-state index >= 15 is 0 Å². The first-order valence-corrected chi connectivity index (χ1v) is 7.67. The van der Waals surface area contributed by atoms with Crippen LogP contribution in [-0.4, -0.2) is 26.2 Å². The third-order valence-corrected chi connectivity index (χ3v) is 3.70. The summed E-state index contributed by atoms with van der Waals surface area (Å²) >= 11 is 6.09. The summed E-state index contributed by atoms with van der Waals surface area (Å²) in [4.78, 5) is 23.1. The van der Waals surface area contributed by atoms with Gasteiger partial charge in [0, 0.05) is 18.2 Å². The SMILES string of the molecule is COc1cc(OC)c(NC(=O)c2ccc(CNC(N)=O)cc2)cc1Cl. The molecule has 0 fully saturated rings. The highest BCUT2D eigenvalue weighted by Crippen LogP contribution is 2.36. The lowest BCUT2D eigenvalue weighted by Gasteiger charge is -2.13. The molecule has 0 radical (unpaired) electrons. The maximum absolute atomic E-state index is 12.4. The Morgan fingerprint density at radius 2 is 1.72 bits per heavy atom. The highest BCUT2D eigenvalue weighted by Gasteiger charge is 2.13. The van der Waals surface area contributed by atoms with Gasteiger partial charge in [0.1, 0.15) is 11.5 Å². The van der Waals surface area contributed by atoms with Crippen molar-refractivity contribution in [2.45, 2.75) is 6.54 Å². The van der Waals surface area contributed by atoms with Gasteiger partial charge in [-0.3, -0.25) is 4.79 Å². The Labute approximate surface area is 150 Å². The zero-order valence-corrected chi connectivity index (χ0v) is 14.5. The highest BCUT2D eigenvalue weighted by atomic mass is 35.5. The van der Waals surface area contributed by atoms with Gasteiger partial charge in [-0.15, -0.1) is 0 Å². The van der Waals surface area contributed by atoms with E-state index in [1.807, 2.05) is 0 Å². The summed E-state index contributed by atoms with van der Waals surface area (Å²) in [5, 5.41) is 5.58. The molecule has 0 aliphatic carbocycles. The predicted molar refractivity (Wildman–Crippen MR) is 95.4 cm³/mol. The first-order chi connectivity index (χ1) is 11.9. The number of carbonyl (C=O) groups excluding carboxylic acids is 2.